The van der Waals surface area contributed by atoms with E-state index in [-0.39, 0.29) is 31.2 Å². The fourth-order valence-electron chi connectivity index (χ4n) is 3.93. The normalized spacial score (nSPS) is 10.9. The zero-order valence-corrected chi connectivity index (χ0v) is 19.6. The molecule has 0 aliphatic rings. The molecule has 0 aliphatic carbocycles. The molecular formula is C26H27N5O4. The first kappa shape index (κ1) is 23.8. The summed E-state index contributed by atoms with van der Waals surface area (Å²) in [6.45, 7) is 2.38. The number of aryl methyl sites for hydroxylation is 1. The van der Waals surface area contributed by atoms with Crippen LogP contribution in [0.25, 0.3) is 5.69 Å². The Bertz CT molecular complexity index is 1440. The molecule has 4 rings (SSSR count). The fourth-order valence-corrected chi connectivity index (χ4v) is 3.93. The molecular weight excluding hydrogens is 446 g/mol. The highest BCUT2D eigenvalue weighted by atomic mass is 16.5. The van der Waals surface area contributed by atoms with Gasteiger partial charge in [-0.25, -0.2) is 4.79 Å². The van der Waals surface area contributed by atoms with Gasteiger partial charge >= 0.3 is 5.69 Å². The molecule has 0 spiro atoms. The number of rotatable bonds is 8. The third-order valence-corrected chi connectivity index (χ3v) is 5.77. The van der Waals surface area contributed by atoms with Crippen LogP contribution in [-0.4, -0.2) is 33.7 Å². The number of H-pyrrole nitrogens is 1. The summed E-state index contributed by atoms with van der Waals surface area (Å²) in [6.07, 6.45) is 3.79. The zero-order chi connectivity index (χ0) is 24.9. The summed E-state index contributed by atoms with van der Waals surface area (Å²) in [7, 11) is 1.50. The highest BCUT2D eigenvalue weighted by Gasteiger charge is 2.26. The highest BCUT2D eigenvalue weighted by Crippen LogP contribution is 2.24. The fraction of sp³-hybridized carbons (Fsp3) is 0.192. The number of ether oxygens (including phenoxy) is 1. The van der Waals surface area contributed by atoms with Gasteiger partial charge in [-0.3, -0.25) is 24.0 Å². The molecule has 9 heteroatoms. The summed E-state index contributed by atoms with van der Waals surface area (Å²) < 4.78 is 8.19. The number of nitrogens with one attached hydrogen (secondary N) is 1. The Balaban J connectivity index is 1.85. The molecule has 35 heavy (non-hydrogen) atoms. The van der Waals surface area contributed by atoms with Gasteiger partial charge in [0.15, 0.2) is 5.69 Å². The number of nitrogens with zero attached hydrogens (tertiary/aromatic N) is 3. The maximum atomic E-state index is 13.9. The second-order valence-electron chi connectivity index (χ2n) is 8.11. The molecule has 1 amide bonds. The number of benzene rings is 2. The number of anilines is 2. The van der Waals surface area contributed by atoms with Crippen LogP contribution in [0, 0.1) is 6.92 Å². The van der Waals surface area contributed by atoms with Crippen molar-refractivity contribution in [1.29, 1.82) is 0 Å². The van der Waals surface area contributed by atoms with Crippen molar-refractivity contribution in [2.75, 3.05) is 24.4 Å². The Morgan fingerprint density at radius 3 is 2.46 bits per heavy atom. The molecule has 0 fully saturated rings. The molecule has 0 bridgehead atoms. The largest absolute Gasteiger partial charge is 0.383 e. The predicted octanol–water partition coefficient (Wildman–Crippen LogP) is 2.71. The smallest absolute Gasteiger partial charge is 0.330 e. The van der Waals surface area contributed by atoms with E-state index in [1.54, 1.807) is 12.1 Å². The van der Waals surface area contributed by atoms with Crippen molar-refractivity contribution in [2.45, 2.75) is 20.0 Å². The first-order valence-electron chi connectivity index (χ1n) is 11.1. The number of hydrogen-bond acceptors (Lipinski definition) is 5. The number of methoxy groups -OCH3 is 1. The third-order valence-electron chi connectivity index (χ3n) is 5.77. The van der Waals surface area contributed by atoms with Crippen LogP contribution in [0.4, 0.5) is 11.5 Å². The van der Waals surface area contributed by atoms with Crippen molar-refractivity contribution in [3.63, 3.8) is 0 Å². The van der Waals surface area contributed by atoms with Crippen LogP contribution < -0.4 is 21.9 Å². The standard InChI is InChI=1S/C26H27N5O4/c1-18-10-11-20(16-21(18)29-12-6-7-13-29)25(33)31(17-19-8-4-3-5-9-19)22-23(27)30(14-15-35-2)26(34)28-24(22)32/h3-13,16H,14-15,17,27H2,1-2H3,(H,28,32,34). The third kappa shape index (κ3) is 4.95. The maximum Gasteiger partial charge on any atom is 0.330 e. The van der Waals surface area contributed by atoms with E-state index in [9.17, 15) is 14.4 Å². The first-order chi connectivity index (χ1) is 16.9. The van der Waals surface area contributed by atoms with Crippen LogP contribution in [0.15, 0.2) is 82.6 Å². The Morgan fingerprint density at radius 2 is 1.77 bits per heavy atom. The minimum absolute atomic E-state index is 0.0855. The lowest BCUT2D eigenvalue weighted by atomic mass is 10.1. The number of carbonyl (C=O) groups is 1. The van der Waals surface area contributed by atoms with Gasteiger partial charge in [0.2, 0.25) is 0 Å². The Morgan fingerprint density at radius 1 is 1.06 bits per heavy atom. The number of nitrogens with two attached hydrogens (primary N) is 1. The summed E-state index contributed by atoms with van der Waals surface area (Å²) in [5.74, 6) is -0.519. The molecule has 0 saturated heterocycles. The molecule has 3 N–H and O–H groups in total. The first-order valence-corrected chi connectivity index (χ1v) is 11.1. The van der Waals surface area contributed by atoms with Gasteiger partial charge < -0.3 is 15.0 Å². The van der Waals surface area contributed by atoms with Gasteiger partial charge in [0, 0.05) is 30.8 Å². The van der Waals surface area contributed by atoms with Crippen LogP contribution in [0.1, 0.15) is 21.5 Å². The monoisotopic (exact) mass is 473 g/mol. The number of carbonyl (C=O) groups excluding carboxylic acids is 1. The molecule has 0 radical (unpaired) electrons. The van der Waals surface area contributed by atoms with E-state index in [2.05, 4.69) is 4.98 Å². The highest BCUT2D eigenvalue weighted by molar-refractivity contribution is 6.07. The van der Waals surface area contributed by atoms with Crippen LogP contribution in [0.2, 0.25) is 0 Å². The average Bonchev–Trinajstić information content (AvgIpc) is 3.38. The molecule has 0 aliphatic heterocycles. The summed E-state index contributed by atoms with van der Waals surface area (Å²) >= 11 is 0. The summed E-state index contributed by atoms with van der Waals surface area (Å²) in [4.78, 5) is 42.9. The van der Waals surface area contributed by atoms with E-state index < -0.39 is 17.2 Å². The minimum Gasteiger partial charge on any atom is -0.383 e. The van der Waals surface area contributed by atoms with Gasteiger partial charge in [-0.2, -0.15) is 0 Å². The molecule has 2 aromatic carbocycles. The van der Waals surface area contributed by atoms with Crippen molar-refractivity contribution in [3.05, 3.63) is 111 Å². The lowest BCUT2D eigenvalue weighted by molar-refractivity contribution is 0.0984. The van der Waals surface area contributed by atoms with Crippen LogP contribution in [-0.2, 0) is 17.8 Å². The van der Waals surface area contributed by atoms with Gasteiger partial charge in [-0.15, -0.1) is 0 Å². The van der Waals surface area contributed by atoms with Gasteiger partial charge in [-0.1, -0.05) is 36.4 Å². The lowest BCUT2D eigenvalue weighted by Gasteiger charge is -2.25. The maximum absolute atomic E-state index is 13.9. The Kier molecular flexibility index (Phi) is 6.98. The number of nitrogen functional groups attached to an aromatic ring is 1. The summed E-state index contributed by atoms with van der Waals surface area (Å²) in [6, 6.07) is 18.4. The number of aromatic amines is 1. The van der Waals surface area contributed by atoms with Crippen LogP contribution >= 0.6 is 0 Å². The molecule has 2 heterocycles. The van der Waals surface area contributed by atoms with Crippen molar-refractivity contribution < 1.29 is 9.53 Å². The second kappa shape index (κ2) is 10.3. The minimum atomic E-state index is -0.733. The van der Waals surface area contributed by atoms with E-state index in [1.807, 2.05) is 72.4 Å². The SMILES string of the molecule is COCCn1c(N)c(N(Cc2ccccc2)C(=O)c2ccc(C)c(-n3cccc3)c2)c(=O)[nH]c1=O. The van der Waals surface area contributed by atoms with E-state index in [0.29, 0.717) is 5.56 Å². The molecule has 0 unspecified atom stereocenters. The van der Waals surface area contributed by atoms with Crippen LogP contribution in [0.3, 0.4) is 0 Å². The van der Waals surface area contributed by atoms with Crippen LogP contribution in [0.5, 0.6) is 0 Å². The second-order valence-corrected chi connectivity index (χ2v) is 8.11. The van der Waals surface area contributed by atoms with Gasteiger partial charge in [0.25, 0.3) is 11.5 Å². The van der Waals surface area contributed by atoms with Gasteiger partial charge in [0.1, 0.15) is 5.82 Å². The molecule has 180 valence electrons. The number of hydrogen-bond donors (Lipinski definition) is 2. The molecule has 0 saturated carbocycles. The number of aromatic nitrogens is 3. The topological polar surface area (TPSA) is 115 Å². The average molecular weight is 474 g/mol. The van der Waals surface area contributed by atoms with Crippen molar-refractivity contribution in [1.82, 2.24) is 14.1 Å². The van der Waals surface area contributed by atoms with E-state index >= 15 is 0 Å². The molecule has 0 atom stereocenters. The van der Waals surface area contributed by atoms with Crippen molar-refractivity contribution in [3.8, 4) is 5.69 Å². The Labute approximate surface area is 202 Å². The van der Waals surface area contributed by atoms with E-state index in [4.69, 9.17) is 10.5 Å². The summed E-state index contributed by atoms with van der Waals surface area (Å²) in [5, 5.41) is 0. The van der Waals surface area contributed by atoms with Crippen molar-refractivity contribution >= 4 is 17.4 Å². The Hall–Kier alpha value is -4.37. The quantitative estimate of drug-likeness (QED) is 0.408. The predicted molar refractivity (Wildman–Crippen MR) is 135 cm³/mol. The molecule has 4 aromatic rings. The summed E-state index contributed by atoms with van der Waals surface area (Å²) in [5.41, 5.74) is 7.84. The zero-order valence-electron chi connectivity index (χ0n) is 19.6. The molecule has 9 nitrogen and oxygen atoms in total. The van der Waals surface area contributed by atoms with Crippen molar-refractivity contribution in [2.24, 2.45) is 0 Å². The lowest BCUT2D eigenvalue weighted by Crippen LogP contribution is -2.41. The van der Waals surface area contributed by atoms with E-state index in [1.165, 1.54) is 16.6 Å². The van der Waals surface area contributed by atoms with Gasteiger partial charge in [0.05, 0.1) is 19.7 Å². The number of amides is 1. The molecule has 2 aromatic heterocycles. The van der Waals surface area contributed by atoms with E-state index in [0.717, 1.165) is 16.8 Å². The van der Waals surface area contributed by atoms with Gasteiger partial charge in [-0.05, 0) is 42.3 Å².